The molecule has 1 aromatic heterocycles. The van der Waals surface area contributed by atoms with E-state index in [-0.39, 0.29) is 5.82 Å². The molecule has 0 aliphatic heterocycles. The van der Waals surface area contributed by atoms with Crippen LogP contribution in [0.2, 0.25) is 0 Å². The third kappa shape index (κ3) is 4.60. The molecule has 3 aromatic rings. The maximum absolute atomic E-state index is 13.2. The minimum atomic E-state index is -0.291. The molecule has 154 valence electrons. The van der Waals surface area contributed by atoms with Crippen molar-refractivity contribution in [1.82, 2.24) is 4.57 Å². The first-order chi connectivity index (χ1) is 14.1. The molecule has 0 fully saturated rings. The first-order valence-electron chi connectivity index (χ1n) is 8.89. The quantitative estimate of drug-likeness (QED) is 0.549. The maximum atomic E-state index is 13.2. The van der Waals surface area contributed by atoms with Crippen molar-refractivity contribution in [2.45, 2.75) is 6.54 Å². The Balaban J connectivity index is 2.15. The fourth-order valence-electron chi connectivity index (χ4n) is 2.90. The SMILES string of the molecule is COCCn1c(-c2cc(OC)c(OC)c(OC)c2)csc1=Nc1ccc(F)cc1. The lowest BCUT2D eigenvalue weighted by Crippen LogP contribution is -2.18. The summed E-state index contributed by atoms with van der Waals surface area (Å²) >= 11 is 1.49. The third-order valence-corrected chi connectivity index (χ3v) is 5.19. The van der Waals surface area contributed by atoms with Crippen molar-refractivity contribution in [3.63, 3.8) is 0 Å². The second-order valence-corrected chi connectivity index (χ2v) is 6.89. The standard InChI is InChI=1S/C21H23FN2O4S/c1-25-10-9-24-17(13-29-21(24)23-16-7-5-15(22)6-8-16)14-11-18(26-2)20(28-4)19(12-14)27-3/h5-8,11-13H,9-10H2,1-4H3. The zero-order valence-corrected chi connectivity index (χ0v) is 17.6. The topological polar surface area (TPSA) is 54.2 Å². The number of ether oxygens (including phenoxy) is 4. The third-order valence-electron chi connectivity index (χ3n) is 4.33. The summed E-state index contributed by atoms with van der Waals surface area (Å²) < 4.78 is 36.9. The van der Waals surface area contributed by atoms with Crippen molar-refractivity contribution >= 4 is 17.0 Å². The van der Waals surface area contributed by atoms with Gasteiger partial charge in [0.15, 0.2) is 16.3 Å². The summed E-state index contributed by atoms with van der Waals surface area (Å²) in [6.07, 6.45) is 0. The second-order valence-electron chi connectivity index (χ2n) is 6.05. The molecule has 0 spiro atoms. The summed E-state index contributed by atoms with van der Waals surface area (Å²) in [7, 11) is 6.40. The molecule has 0 radical (unpaired) electrons. The van der Waals surface area contributed by atoms with Gasteiger partial charge in [0.05, 0.1) is 39.3 Å². The molecule has 1 heterocycles. The van der Waals surface area contributed by atoms with Gasteiger partial charge in [0.25, 0.3) is 0 Å². The lowest BCUT2D eigenvalue weighted by atomic mass is 10.1. The molecule has 0 amide bonds. The van der Waals surface area contributed by atoms with Gasteiger partial charge < -0.3 is 23.5 Å². The van der Waals surface area contributed by atoms with E-state index in [2.05, 4.69) is 9.56 Å². The van der Waals surface area contributed by atoms with Crippen molar-refractivity contribution < 1.29 is 23.3 Å². The molecule has 0 atom stereocenters. The summed E-state index contributed by atoms with van der Waals surface area (Å²) in [5.74, 6) is 1.39. The van der Waals surface area contributed by atoms with Crippen LogP contribution in [-0.2, 0) is 11.3 Å². The summed E-state index contributed by atoms with van der Waals surface area (Å²) in [5, 5.41) is 2.01. The molecule has 0 saturated heterocycles. The molecule has 0 unspecified atom stereocenters. The van der Waals surface area contributed by atoms with Crippen LogP contribution in [0, 0.1) is 5.82 Å². The number of methoxy groups -OCH3 is 4. The average molecular weight is 418 g/mol. The van der Waals surface area contributed by atoms with Gasteiger partial charge in [-0.15, -0.1) is 11.3 Å². The van der Waals surface area contributed by atoms with Crippen LogP contribution in [0.4, 0.5) is 10.1 Å². The largest absolute Gasteiger partial charge is 0.493 e. The summed E-state index contributed by atoms with van der Waals surface area (Å²) in [6.45, 7) is 1.12. The number of halogens is 1. The van der Waals surface area contributed by atoms with Gasteiger partial charge in [-0.1, -0.05) is 0 Å². The van der Waals surface area contributed by atoms with E-state index in [9.17, 15) is 4.39 Å². The van der Waals surface area contributed by atoms with E-state index >= 15 is 0 Å². The van der Waals surface area contributed by atoms with E-state index in [4.69, 9.17) is 18.9 Å². The highest BCUT2D eigenvalue weighted by Gasteiger charge is 2.17. The average Bonchev–Trinajstić information content (AvgIpc) is 3.14. The van der Waals surface area contributed by atoms with Gasteiger partial charge in [0, 0.05) is 24.6 Å². The van der Waals surface area contributed by atoms with Crippen LogP contribution in [0.15, 0.2) is 46.8 Å². The van der Waals surface area contributed by atoms with Crippen LogP contribution < -0.4 is 19.0 Å². The highest BCUT2D eigenvalue weighted by Crippen LogP contribution is 2.41. The maximum Gasteiger partial charge on any atom is 0.203 e. The Kier molecular flexibility index (Phi) is 6.90. The Morgan fingerprint density at radius 3 is 2.17 bits per heavy atom. The van der Waals surface area contributed by atoms with Crippen molar-refractivity contribution in [2.75, 3.05) is 35.0 Å². The molecule has 29 heavy (non-hydrogen) atoms. The van der Waals surface area contributed by atoms with Crippen molar-refractivity contribution in [2.24, 2.45) is 4.99 Å². The molecule has 6 nitrogen and oxygen atoms in total. The van der Waals surface area contributed by atoms with Crippen molar-refractivity contribution in [1.29, 1.82) is 0 Å². The molecular weight excluding hydrogens is 395 g/mol. The molecular formula is C21H23FN2O4S. The number of rotatable bonds is 8. The minimum Gasteiger partial charge on any atom is -0.493 e. The Morgan fingerprint density at radius 2 is 1.62 bits per heavy atom. The highest BCUT2D eigenvalue weighted by atomic mass is 32.1. The van der Waals surface area contributed by atoms with E-state index in [1.165, 1.54) is 23.5 Å². The normalized spacial score (nSPS) is 11.6. The van der Waals surface area contributed by atoms with Crippen LogP contribution in [-0.4, -0.2) is 39.6 Å². The van der Waals surface area contributed by atoms with Gasteiger partial charge in [-0.2, -0.15) is 0 Å². The van der Waals surface area contributed by atoms with Gasteiger partial charge in [0.1, 0.15) is 5.82 Å². The van der Waals surface area contributed by atoms with Crippen LogP contribution in [0.1, 0.15) is 0 Å². The van der Waals surface area contributed by atoms with Gasteiger partial charge >= 0.3 is 0 Å². The molecule has 0 aliphatic rings. The van der Waals surface area contributed by atoms with E-state index < -0.39 is 0 Å². The predicted molar refractivity (Wildman–Crippen MR) is 111 cm³/mol. The van der Waals surface area contributed by atoms with Crippen molar-refractivity contribution in [3.05, 3.63) is 52.4 Å². The summed E-state index contributed by atoms with van der Waals surface area (Å²) in [6, 6.07) is 9.88. The van der Waals surface area contributed by atoms with Gasteiger partial charge in [0.2, 0.25) is 5.75 Å². The Hall–Kier alpha value is -2.84. The number of benzene rings is 2. The molecule has 3 rings (SSSR count). The van der Waals surface area contributed by atoms with Crippen LogP contribution in [0.5, 0.6) is 17.2 Å². The monoisotopic (exact) mass is 418 g/mol. The Labute approximate surface area is 172 Å². The fourth-order valence-corrected chi connectivity index (χ4v) is 3.86. The lowest BCUT2D eigenvalue weighted by molar-refractivity contribution is 0.187. The highest BCUT2D eigenvalue weighted by molar-refractivity contribution is 7.07. The van der Waals surface area contributed by atoms with Gasteiger partial charge in [-0.05, 0) is 36.4 Å². The van der Waals surface area contributed by atoms with Crippen molar-refractivity contribution in [3.8, 4) is 28.5 Å². The summed E-state index contributed by atoms with van der Waals surface area (Å²) in [4.78, 5) is 5.45. The number of hydrogen-bond donors (Lipinski definition) is 0. The van der Waals surface area contributed by atoms with E-state index in [1.54, 1.807) is 40.6 Å². The Bertz CT molecular complexity index is 1000. The van der Waals surface area contributed by atoms with Crippen LogP contribution in [0.3, 0.4) is 0 Å². The van der Waals surface area contributed by atoms with Gasteiger partial charge in [-0.25, -0.2) is 9.38 Å². The van der Waals surface area contributed by atoms with E-state index in [1.807, 2.05) is 17.5 Å². The zero-order chi connectivity index (χ0) is 20.8. The molecule has 0 saturated carbocycles. The van der Waals surface area contributed by atoms with E-state index in [0.29, 0.717) is 36.1 Å². The smallest absolute Gasteiger partial charge is 0.203 e. The number of thiazole rings is 1. The Morgan fingerprint density at radius 1 is 0.966 bits per heavy atom. The van der Waals surface area contributed by atoms with Gasteiger partial charge in [-0.3, -0.25) is 0 Å². The zero-order valence-electron chi connectivity index (χ0n) is 16.8. The van der Waals surface area contributed by atoms with E-state index in [0.717, 1.165) is 16.1 Å². The molecule has 8 heteroatoms. The first kappa shape index (κ1) is 20.9. The number of hydrogen-bond acceptors (Lipinski definition) is 6. The minimum absolute atomic E-state index is 0.291. The molecule has 0 aliphatic carbocycles. The predicted octanol–water partition coefficient (Wildman–Crippen LogP) is 4.26. The van der Waals surface area contributed by atoms with Crippen LogP contribution in [0.25, 0.3) is 11.3 Å². The molecule has 2 aromatic carbocycles. The van der Waals surface area contributed by atoms with Crippen LogP contribution >= 0.6 is 11.3 Å². The molecule has 0 bridgehead atoms. The first-order valence-corrected chi connectivity index (χ1v) is 9.77. The summed E-state index contributed by atoms with van der Waals surface area (Å²) in [5.41, 5.74) is 2.51. The molecule has 0 N–H and O–H groups in total. The second kappa shape index (κ2) is 9.58. The fraction of sp³-hybridized carbons (Fsp3) is 0.286. The number of nitrogens with zero attached hydrogens (tertiary/aromatic N) is 2. The lowest BCUT2D eigenvalue weighted by Gasteiger charge is -2.15. The number of aromatic nitrogens is 1.